The summed E-state index contributed by atoms with van der Waals surface area (Å²) in [6.07, 6.45) is 5.53. The van der Waals surface area contributed by atoms with Crippen LogP contribution < -0.4 is 0 Å². The van der Waals surface area contributed by atoms with Gasteiger partial charge in [-0.2, -0.15) is 0 Å². The van der Waals surface area contributed by atoms with Gasteiger partial charge in [0.25, 0.3) is 0 Å². The minimum Gasteiger partial charge on any atom is -0.512 e. The first-order valence-electron chi connectivity index (χ1n) is 2.38. The highest BCUT2D eigenvalue weighted by molar-refractivity contribution is 5.20. The van der Waals surface area contributed by atoms with Gasteiger partial charge in [-0.05, 0) is 6.08 Å². The summed E-state index contributed by atoms with van der Waals surface area (Å²) in [6.45, 7) is 1.95. The zero-order chi connectivity index (χ0) is 5.28. The van der Waals surface area contributed by atoms with Crippen molar-refractivity contribution in [2.75, 3.05) is 0 Å². The Balaban J connectivity index is 2.69. The van der Waals surface area contributed by atoms with Crippen LogP contribution in [-0.2, 0) is 0 Å². The molecule has 0 aromatic heterocycles. The lowest BCUT2D eigenvalue weighted by molar-refractivity contribution is 0.370. The number of hydrogen-bond donors (Lipinski definition) is 1. The molecule has 38 valence electrons. The summed E-state index contributed by atoms with van der Waals surface area (Å²) < 4.78 is 0. The number of aliphatic hydroxyl groups excluding tert-OH is 1. The normalized spacial score (nSPS) is 28.1. The fourth-order valence-electron chi connectivity index (χ4n) is 0.571. The Morgan fingerprint density at radius 3 is 2.57 bits per heavy atom. The van der Waals surface area contributed by atoms with Gasteiger partial charge in [0, 0.05) is 5.92 Å². The van der Waals surface area contributed by atoms with Crippen LogP contribution in [0.1, 0.15) is 6.92 Å². The molecule has 0 aromatic rings. The van der Waals surface area contributed by atoms with Gasteiger partial charge in [-0.15, -0.1) is 0 Å². The van der Waals surface area contributed by atoms with Gasteiger partial charge in [-0.1, -0.05) is 19.1 Å². The van der Waals surface area contributed by atoms with Gasteiger partial charge in [0.1, 0.15) is 0 Å². The highest BCUT2D eigenvalue weighted by Gasteiger charge is 2.04. The van der Waals surface area contributed by atoms with Crippen LogP contribution in [0.2, 0.25) is 0 Å². The van der Waals surface area contributed by atoms with Gasteiger partial charge in [0.15, 0.2) is 0 Å². The summed E-state index contributed by atoms with van der Waals surface area (Å²) >= 11 is 0. The summed E-state index contributed by atoms with van der Waals surface area (Å²) in [7, 11) is 0. The zero-order valence-electron chi connectivity index (χ0n) is 4.26. The molecule has 0 aromatic carbocycles. The third-order valence-electron chi connectivity index (χ3n) is 1.13. The highest BCUT2D eigenvalue weighted by atomic mass is 16.3. The van der Waals surface area contributed by atoms with E-state index < -0.39 is 0 Å². The summed E-state index contributed by atoms with van der Waals surface area (Å²) in [4.78, 5) is 0. The molecule has 1 atom stereocenters. The molecule has 0 saturated heterocycles. The molecule has 0 fully saturated rings. The molecule has 7 heavy (non-hydrogen) atoms. The van der Waals surface area contributed by atoms with E-state index in [1.54, 1.807) is 6.08 Å². The van der Waals surface area contributed by atoms with Crippen molar-refractivity contribution in [2.45, 2.75) is 6.92 Å². The van der Waals surface area contributed by atoms with E-state index in [9.17, 15) is 0 Å². The van der Waals surface area contributed by atoms with Gasteiger partial charge in [0.2, 0.25) is 0 Å². The van der Waals surface area contributed by atoms with Crippen LogP contribution >= 0.6 is 0 Å². The van der Waals surface area contributed by atoms with Crippen molar-refractivity contribution < 1.29 is 5.11 Å². The Kier molecular flexibility index (Phi) is 0.895. The summed E-state index contributed by atoms with van der Waals surface area (Å²) in [5.74, 6) is 0.722. The Morgan fingerprint density at radius 1 is 1.71 bits per heavy atom. The van der Waals surface area contributed by atoms with Crippen molar-refractivity contribution >= 4 is 0 Å². The van der Waals surface area contributed by atoms with Crippen molar-refractivity contribution in [3.63, 3.8) is 0 Å². The van der Waals surface area contributed by atoms with E-state index in [0.717, 1.165) is 0 Å². The van der Waals surface area contributed by atoms with E-state index in [4.69, 9.17) is 5.11 Å². The third-order valence-corrected chi connectivity index (χ3v) is 1.13. The summed E-state index contributed by atoms with van der Waals surface area (Å²) in [5, 5.41) is 8.80. The molecular weight excluding hydrogens is 88.1 g/mol. The lowest BCUT2D eigenvalue weighted by Crippen LogP contribution is -1.87. The molecule has 0 radical (unpaired) electrons. The first-order chi connectivity index (χ1) is 3.30. The third kappa shape index (κ3) is 0.660. The SMILES string of the molecule is CC1C=CC=C1O. The zero-order valence-corrected chi connectivity index (χ0v) is 4.26. The molecule has 1 nitrogen and oxygen atoms in total. The lowest BCUT2D eigenvalue weighted by Gasteiger charge is -1.95. The molecule has 0 bridgehead atoms. The number of rotatable bonds is 0. The molecule has 1 rings (SSSR count). The van der Waals surface area contributed by atoms with E-state index in [1.807, 2.05) is 19.1 Å². The lowest BCUT2D eigenvalue weighted by atomic mass is 10.2. The molecular formula is C6H8O. The highest BCUT2D eigenvalue weighted by Crippen LogP contribution is 2.13. The average molecular weight is 96.1 g/mol. The molecule has 0 saturated carbocycles. The second kappa shape index (κ2) is 1.41. The van der Waals surface area contributed by atoms with E-state index >= 15 is 0 Å². The Labute approximate surface area is 43.0 Å². The van der Waals surface area contributed by atoms with E-state index in [2.05, 4.69) is 0 Å². The van der Waals surface area contributed by atoms with Crippen LogP contribution in [-0.4, -0.2) is 5.11 Å². The molecule has 0 amide bonds. The molecule has 1 heteroatoms. The fourth-order valence-corrected chi connectivity index (χ4v) is 0.571. The second-order valence-corrected chi connectivity index (χ2v) is 1.77. The smallest absolute Gasteiger partial charge is 0.0988 e. The molecule has 0 aliphatic heterocycles. The first-order valence-corrected chi connectivity index (χ1v) is 2.38. The maximum atomic E-state index is 8.80. The summed E-state index contributed by atoms with van der Waals surface area (Å²) in [5.41, 5.74) is 0. The van der Waals surface area contributed by atoms with E-state index in [-0.39, 0.29) is 5.92 Å². The van der Waals surface area contributed by atoms with Gasteiger partial charge < -0.3 is 5.11 Å². The van der Waals surface area contributed by atoms with Crippen LogP contribution in [0.15, 0.2) is 24.0 Å². The molecule has 1 aliphatic rings. The van der Waals surface area contributed by atoms with Gasteiger partial charge in [-0.3, -0.25) is 0 Å². The monoisotopic (exact) mass is 96.1 g/mol. The van der Waals surface area contributed by atoms with Crippen LogP contribution in [0, 0.1) is 5.92 Å². The maximum absolute atomic E-state index is 8.80. The van der Waals surface area contributed by atoms with Crippen molar-refractivity contribution in [1.29, 1.82) is 0 Å². The van der Waals surface area contributed by atoms with E-state index in [0.29, 0.717) is 5.76 Å². The molecule has 0 spiro atoms. The van der Waals surface area contributed by atoms with Crippen LogP contribution in [0.5, 0.6) is 0 Å². The predicted molar refractivity (Wildman–Crippen MR) is 29.0 cm³/mol. The molecule has 1 N–H and O–H groups in total. The standard InChI is InChI=1S/C6H8O/c1-5-3-2-4-6(5)7/h2-5,7H,1H3. The maximum Gasteiger partial charge on any atom is 0.0988 e. The Morgan fingerprint density at radius 2 is 2.43 bits per heavy atom. The van der Waals surface area contributed by atoms with E-state index in [1.165, 1.54) is 0 Å². The second-order valence-electron chi connectivity index (χ2n) is 1.77. The molecule has 1 aliphatic carbocycles. The summed E-state index contributed by atoms with van der Waals surface area (Å²) in [6, 6.07) is 0. The average Bonchev–Trinajstić information content (AvgIpc) is 1.91. The van der Waals surface area contributed by atoms with Crippen molar-refractivity contribution in [3.05, 3.63) is 24.0 Å². The van der Waals surface area contributed by atoms with Gasteiger partial charge in [-0.25, -0.2) is 0 Å². The van der Waals surface area contributed by atoms with Crippen LogP contribution in [0.4, 0.5) is 0 Å². The van der Waals surface area contributed by atoms with Gasteiger partial charge >= 0.3 is 0 Å². The van der Waals surface area contributed by atoms with Crippen molar-refractivity contribution in [3.8, 4) is 0 Å². The van der Waals surface area contributed by atoms with Crippen LogP contribution in [0.3, 0.4) is 0 Å². The Bertz CT molecular complexity index is 122. The minimum atomic E-state index is 0.250. The van der Waals surface area contributed by atoms with Crippen molar-refractivity contribution in [1.82, 2.24) is 0 Å². The fraction of sp³-hybridized carbons (Fsp3) is 0.333. The number of hydrogen-bond acceptors (Lipinski definition) is 1. The molecule has 1 unspecified atom stereocenters. The minimum absolute atomic E-state index is 0.250. The van der Waals surface area contributed by atoms with Crippen molar-refractivity contribution in [2.24, 2.45) is 5.92 Å². The quantitative estimate of drug-likeness (QED) is 0.486. The topological polar surface area (TPSA) is 20.2 Å². The molecule has 0 heterocycles. The first kappa shape index (κ1) is 4.44. The van der Waals surface area contributed by atoms with Crippen LogP contribution in [0.25, 0.3) is 0 Å². The van der Waals surface area contributed by atoms with Gasteiger partial charge in [0.05, 0.1) is 5.76 Å². The number of aliphatic hydroxyl groups is 1. The number of allylic oxidation sites excluding steroid dienone is 3. The predicted octanol–water partition coefficient (Wildman–Crippen LogP) is 1.63. The Hall–Kier alpha value is -0.720. The largest absolute Gasteiger partial charge is 0.512 e.